The van der Waals surface area contributed by atoms with E-state index >= 15 is 0 Å². The lowest BCUT2D eigenvalue weighted by Gasteiger charge is -2.21. The zero-order chi connectivity index (χ0) is 22.0. The molecule has 1 rings (SSSR count). The molecule has 0 saturated carbocycles. The Labute approximate surface area is 165 Å². The molecule has 0 aromatic heterocycles. The molecule has 1 amide bonds. The molecule has 1 aromatic carbocycles. The molecule has 0 aliphatic heterocycles. The van der Waals surface area contributed by atoms with Gasteiger partial charge in [0.15, 0.2) is 5.78 Å². The van der Waals surface area contributed by atoms with Crippen LogP contribution in [-0.4, -0.2) is 57.2 Å². The van der Waals surface area contributed by atoms with Crippen molar-refractivity contribution in [3.8, 4) is 0 Å². The maximum Gasteiger partial charge on any atom is 0.408 e. The van der Waals surface area contributed by atoms with Crippen LogP contribution in [0.4, 0.5) is 4.79 Å². The summed E-state index contributed by atoms with van der Waals surface area (Å²) < 4.78 is 4.96. The number of carboxylic acids is 3. The normalized spacial score (nSPS) is 13.6. The molecule has 0 bridgehead atoms. The Morgan fingerprint density at radius 2 is 1.62 bits per heavy atom. The van der Waals surface area contributed by atoms with Crippen molar-refractivity contribution in [1.82, 2.24) is 5.32 Å². The molecule has 0 saturated heterocycles. The van der Waals surface area contributed by atoms with Gasteiger partial charge in [0.25, 0.3) is 0 Å². The predicted octanol–water partition coefficient (Wildman–Crippen LogP) is 0.218. The third-order valence-electron chi connectivity index (χ3n) is 3.94. The Bertz CT molecular complexity index is 751. The zero-order valence-corrected chi connectivity index (χ0v) is 15.3. The van der Waals surface area contributed by atoms with Gasteiger partial charge < -0.3 is 31.1 Å². The molecule has 0 heterocycles. The van der Waals surface area contributed by atoms with E-state index in [2.05, 4.69) is 5.32 Å². The first-order valence-electron chi connectivity index (χ1n) is 8.55. The van der Waals surface area contributed by atoms with Crippen LogP contribution >= 0.6 is 0 Å². The number of Topliss-reactive ketones (excluding diaryl/α,β-unsaturated/α-hetero) is 1. The number of carboxylic acid groups (broad SMARTS) is 3. The van der Waals surface area contributed by atoms with Crippen molar-refractivity contribution in [3.05, 3.63) is 35.9 Å². The molecule has 0 aliphatic carbocycles. The van der Waals surface area contributed by atoms with E-state index < -0.39 is 67.0 Å². The fourth-order valence-corrected chi connectivity index (χ4v) is 2.40. The van der Waals surface area contributed by atoms with E-state index in [1.807, 2.05) is 0 Å². The van der Waals surface area contributed by atoms with Crippen LogP contribution in [0.5, 0.6) is 0 Å². The van der Waals surface area contributed by atoms with Crippen LogP contribution in [0.15, 0.2) is 30.3 Å². The number of alkyl carbamates (subject to hydrolysis) is 1. The Morgan fingerprint density at radius 1 is 1.00 bits per heavy atom. The Morgan fingerprint density at radius 3 is 2.14 bits per heavy atom. The van der Waals surface area contributed by atoms with Gasteiger partial charge in [-0.2, -0.15) is 0 Å². The van der Waals surface area contributed by atoms with Gasteiger partial charge in [-0.3, -0.25) is 19.2 Å². The number of ether oxygens (including phenoxy) is 1. The molecule has 0 aliphatic rings. The number of hydrogen-bond donors (Lipinski definition) is 5. The number of amides is 1. The van der Waals surface area contributed by atoms with Crippen LogP contribution in [0.25, 0.3) is 0 Å². The SMILES string of the molecule is N[C@H](CC(C(=O)O)C(=O)[C@H](CCC(=O)O)NC(=O)OCc1ccccc1)C(=O)O. The second-order valence-corrected chi connectivity index (χ2v) is 6.16. The number of aliphatic carboxylic acids is 3. The summed E-state index contributed by atoms with van der Waals surface area (Å²) in [6, 6.07) is 5.46. The van der Waals surface area contributed by atoms with Gasteiger partial charge in [-0.1, -0.05) is 30.3 Å². The summed E-state index contributed by atoms with van der Waals surface area (Å²) in [4.78, 5) is 57.7. The lowest BCUT2D eigenvalue weighted by molar-refractivity contribution is -0.148. The van der Waals surface area contributed by atoms with Crippen molar-refractivity contribution in [2.45, 2.75) is 38.0 Å². The Balaban J connectivity index is 2.86. The molecule has 0 radical (unpaired) electrons. The quantitative estimate of drug-likeness (QED) is 0.297. The fraction of sp³-hybridized carbons (Fsp3) is 0.389. The minimum Gasteiger partial charge on any atom is -0.481 e. The van der Waals surface area contributed by atoms with Crippen LogP contribution in [-0.2, 0) is 30.5 Å². The van der Waals surface area contributed by atoms with E-state index in [4.69, 9.17) is 20.7 Å². The van der Waals surface area contributed by atoms with Gasteiger partial charge in [-0.05, 0) is 18.4 Å². The Hall–Kier alpha value is -3.47. The van der Waals surface area contributed by atoms with Crippen molar-refractivity contribution < 1.29 is 44.0 Å². The summed E-state index contributed by atoms with van der Waals surface area (Å²) in [5.74, 6) is -7.30. The average molecular weight is 410 g/mol. The number of ketones is 1. The smallest absolute Gasteiger partial charge is 0.408 e. The highest BCUT2D eigenvalue weighted by Crippen LogP contribution is 2.14. The molecular weight excluding hydrogens is 388 g/mol. The zero-order valence-electron chi connectivity index (χ0n) is 15.3. The fourth-order valence-electron chi connectivity index (χ4n) is 2.40. The van der Waals surface area contributed by atoms with Gasteiger partial charge >= 0.3 is 24.0 Å². The molecule has 1 aromatic rings. The third kappa shape index (κ3) is 8.39. The highest BCUT2D eigenvalue weighted by molar-refractivity contribution is 6.02. The van der Waals surface area contributed by atoms with Crippen LogP contribution < -0.4 is 11.1 Å². The lowest BCUT2D eigenvalue weighted by Crippen LogP contribution is -2.47. The molecule has 29 heavy (non-hydrogen) atoms. The minimum atomic E-state index is -1.84. The first-order chi connectivity index (χ1) is 13.6. The maximum absolute atomic E-state index is 12.6. The summed E-state index contributed by atoms with van der Waals surface area (Å²) in [7, 11) is 0. The van der Waals surface area contributed by atoms with E-state index in [0.717, 1.165) is 0 Å². The molecule has 1 unspecified atom stereocenters. The van der Waals surface area contributed by atoms with Crippen LogP contribution in [0, 0.1) is 5.92 Å². The van der Waals surface area contributed by atoms with Gasteiger partial charge in [0, 0.05) is 6.42 Å². The lowest BCUT2D eigenvalue weighted by atomic mass is 9.90. The standard InChI is InChI=1S/C18H22N2O9/c19-12(17(26)27)8-11(16(24)25)15(23)13(6-7-14(21)22)20-18(28)29-9-10-4-2-1-3-5-10/h1-5,11-13H,6-9,19H2,(H,20,28)(H,21,22)(H,24,25)(H,26,27)/t11?,12-,13+/m1/s1. The number of nitrogens with one attached hydrogen (secondary N) is 1. The molecule has 11 nitrogen and oxygen atoms in total. The second kappa shape index (κ2) is 11.4. The topological polar surface area (TPSA) is 193 Å². The number of carbonyl (C=O) groups excluding carboxylic acids is 2. The number of hydrogen-bond acceptors (Lipinski definition) is 7. The van der Waals surface area contributed by atoms with E-state index in [-0.39, 0.29) is 6.61 Å². The number of nitrogens with two attached hydrogens (primary N) is 1. The van der Waals surface area contributed by atoms with Gasteiger partial charge in [0.1, 0.15) is 18.6 Å². The Kier molecular flexibility index (Phi) is 9.26. The maximum atomic E-state index is 12.6. The summed E-state index contributed by atoms with van der Waals surface area (Å²) in [5, 5.41) is 29.1. The summed E-state index contributed by atoms with van der Waals surface area (Å²) in [5.41, 5.74) is 5.97. The molecule has 0 spiro atoms. The molecular formula is C18H22N2O9. The first kappa shape index (κ1) is 23.6. The van der Waals surface area contributed by atoms with E-state index in [0.29, 0.717) is 5.56 Å². The second-order valence-electron chi connectivity index (χ2n) is 6.16. The van der Waals surface area contributed by atoms with Crippen molar-refractivity contribution in [2.24, 2.45) is 11.7 Å². The number of benzene rings is 1. The van der Waals surface area contributed by atoms with Crippen molar-refractivity contribution in [2.75, 3.05) is 0 Å². The third-order valence-corrected chi connectivity index (χ3v) is 3.94. The van der Waals surface area contributed by atoms with Gasteiger partial charge in [0.05, 0.1) is 6.04 Å². The van der Waals surface area contributed by atoms with Crippen LogP contribution in [0.3, 0.4) is 0 Å². The monoisotopic (exact) mass is 410 g/mol. The van der Waals surface area contributed by atoms with Gasteiger partial charge in [0.2, 0.25) is 0 Å². The van der Waals surface area contributed by atoms with Crippen LogP contribution in [0.1, 0.15) is 24.8 Å². The molecule has 11 heteroatoms. The van der Waals surface area contributed by atoms with Gasteiger partial charge in [-0.15, -0.1) is 0 Å². The first-order valence-corrected chi connectivity index (χ1v) is 8.55. The number of rotatable bonds is 12. The summed E-state index contributed by atoms with van der Waals surface area (Å²) in [6.07, 6.45) is -2.70. The highest BCUT2D eigenvalue weighted by atomic mass is 16.5. The van der Waals surface area contributed by atoms with Gasteiger partial charge in [-0.25, -0.2) is 4.79 Å². The van der Waals surface area contributed by atoms with E-state index in [1.54, 1.807) is 30.3 Å². The predicted molar refractivity (Wildman–Crippen MR) is 96.8 cm³/mol. The van der Waals surface area contributed by atoms with Crippen molar-refractivity contribution in [3.63, 3.8) is 0 Å². The molecule has 6 N–H and O–H groups in total. The molecule has 158 valence electrons. The molecule has 3 atom stereocenters. The van der Waals surface area contributed by atoms with E-state index in [9.17, 15) is 29.1 Å². The highest BCUT2D eigenvalue weighted by Gasteiger charge is 2.36. The summed E-state index contributed by atoms with van der Waals surface area (Å²) in [6.45, 7) is -0.126. The summed E-state index contributed by atoms with van der Waals surface area (Å²) >= 11 is 0. The molecule has 0 fully saturated rings. The van der Waals surface area contributed by atoms with E-state index in [1.165, 1.54) is 0 Å². The average Bonchev–Trinajstić information content (AvgIpc) is 2.67. The largest absolute Gasteiger partial charge is 0.481 e. The van der Waals surface area contributed by atoms with Crippen molar-refractivity contribution in [1.29, 1.82) is 0 Å². The number of carbonyl (C=O) groups is 5. The minimum absolute atomic E-state index is 0.126. The van der Waals surface area contributed by atoms with Crippen LogP contribution in [0.2, 0.25) is 0 Å². The van der Waals surface area contributed by atoms with Crippen molar-refractivity contribution >= 4 is 29.8 Å².